The van der Waals surface area contributed by atoms with Crippen LogP contribution in [0.15, 0.2) is 60.8 Å². The van der Waals surface area contributed by atoms with Crippen LogP contribution in [0.25, 0.3) is 11.3 Å². The van der Waals surface area contributed by atoms with E-state index in [0.29, 0.717) is 17.1 Å². The second kappa shape index (κ2) is 7.39. The molecule has 0 amide bonds. The van der Waals surface area contributed by atoms with Crippen molar-refractivity contribution in [1.29, 1.82) is 0 Å². The predicted octanol–water partition coefficient (Wildman–Crippen LogP) is 2.40. The molecule has 0 saturated carbocycles. The number of aromatic nitrogens is 4. The van der Waals surface area contributed by atoms with Gasteiger partial charge in [0, 0.05) is 11.9 Å². The molecular formula is C18H15N5O3. The lowest BCUT2D eigenvalue weighted by molar-refractivity contribution is -0.111. The molecule has 130 valence electrons. The van der Waals surface area contributed by atoms with Crippen LogP contribution < -0.4 is 5.32 Å². The number of carbonyl (C=O) groups excluding carboxylic acids is 1. The molecule has 2 N–H and O–H groups in total. The van der Waals surface area contributed by atoms with Crippen molar-refractivity contribution in [2.45, 2.75) is 6.92 Å². The minimum atomic E-state index is -1.00. The Kier molecular flexibility index (Phi) is 4.84. The minimum absolute atomic E-state index is 0.180. The monoisotopic (exact) mass is 349 g/mol. The van der Waals surface area contributed by atoms with E-state index in [-0.39, 0.29) is 11.3 Å². The fourth-order valence-electron chi connectivity index (χ4n) is 2.29. The van der Waals surface area contributed by atoms with E-state index < -0.39 is 5.97 Å². The number of para-hydroxylation sites is 1. The van der Waals surface area contributed by atoms with Gasteiger partial charge in [-0.3, -0.25) is 4.79 Å². The highest BCUT2D eigenvalue weighted by molar-refractivity contribution is 6.18. The zero-order valence-electron chi connectivity index (χ0n) is 13.8. The van der Waals surface area contributed by atoms with E-state index in [4.69, 9.17) is 5.11 Å². The maximum Gasteiger partial charge on any atom is 0.335 e. The van der Waals surface area contributed by atoms with Gasteiger partial charge in [0.15, 0.2) is 11.6 Å². The molecule has 3 rings (SSSR count). The fraction of sp³-hybridized carbons (Fsp3) is 0.0556. The van der Waals surface area contributed by atoms with Crippen LogP contribution in [-0.2, 0) is 4.79 Å². The number of nitrogens with one attached hydrogen (secondary N) is 1. The highest BCUT2D eigenvalue weighted by atomic mass is 16.4. The van der Waals surface area contributed by atoms with E-state index in [1.807, 2.05) is 30.3 Å². The summed E-state index contributed by atoms with van der Waals surface area (Å²) < 4.78 is 1.47. The number of tetrazole rings is 1. The van der Waals surface area contributed by atoms with Gasteiger partial charge in [-0.15, -0.1) is 5.10 Å². The first-order chi connectivity index (χ1) is 12.6. The number of allylic oxidation sites excluding steroid dienone is 1. The lowest BCUT2D eigenvalue weighted by Gasteiger charge is -2.07. The molecule has 8 heteroatoms. The van der Waals surface area contributed by atoms with Gasteiger partial charge >= 0.3 is 5.97 Å². The Morgan fingerprint density at radius 1 is 1.08 bits per heavy atom. The summed E-state index contributed by atoms with van der Waals surface area (Å²) >= 11 is 0. The highest BCUT2D eigenvalue weighted by Gasteiger charge is 2.17. The number of anilines is 1. The van der Waals surface area contributed by atoms with Crippen LogP contribution in [0.4, 0.5) is 5.69 Å². The molecule has 0 aliphatic carbocycles. The van der Waals surface area contributed by atoms with Gasteiger partial charge in [-0.25, -0.2) is 4.79 Å². The lowest BCUT2D eigenvalue weighted by atomic mass is 10.1. The number of Topliss-reactive ketones (excluding diaryl/α,β-unsaturated/α-hetero) is 1. The Morgan fingerprint density at radius 2 is 1.77 bits per heavy atom. The molecule has 26 heavy (non-hydrogen) atoms. The number of hydrogen-bond acceptors (Lipinski definition) is 6. The number of carbonyl (C=O) groups is 2. The highest BCUT2D eigenvalue weighted by Crippen LogP contribution is 2.17. The third kappa shape index (κ3) is 3.64. The maximum atomic E-state index is 12.1. The largest absolute Gasteiger partial charge is 0.478 e. The number of benzene rings is 2. The van der Waals surface area contributed by atoms with Crippen LogP contribution in [0.2, 0.25) is 0 Å². The summed E-state index contributed by atoms with van der Waals surface area (Å²) in [5, 5.41) is 23.5. The van der Waals surface area contributed by atoms with Crippen molar-refractivity contribution in [2.75, 3.05) is 5.32 Å². The van der Waals surface area contributed by atoms with Crippen molar-refractivity contribution >= 4 is 23.0 Å². The molecular weight excluding hydrogens is 334 g/mol. The molecule has 0 bridgehead atoms. The van der Waals surface area contributed by atoms with E-state index in [1.165, 1.54) is 29.9 Å². The number of carboxylic acid groups (broad SMARTS) is 1. The zero-order chi connectivity index (χ0) is 18.5. The average Bonchev–Trinajstić information content (AvgIpc) is 3.12. The summed E-state index contributed by atoms with van der Waals surface area (Å²) in [5.41, 5.74) is 1.83. The number of hydrogen-bond donors (Lipinski definition) is 2. The normalized spacial score (nSPS) is 11.2. The van der Waals surface area contributed by atoms with E-state index in [9.17, 15) is 9.59 Å². The summed E-state index contributed by atoms with van der Waals surface area (Å²) in [6, 6.07) is 15.4. The molecule has 3 aromatic rings. The van der Waals surface area contributed by atoms with Crippen LogP contribution in [0.5, 0.6) is 0 Å². The van der Waals surface area contributed by atoms with Crippen LogP contribution in [0.1, 0.15) is 23.1 Å². The molecule has 0 unspecified atom stereocenters. The summed E-state index contributed by atoms with van der Waals surface area (Å²) in [7, 11) is 0. The van der Waals surface area contributed by atoms with Crippen molar-refractivity contribution in [3.63, 3.8) is 0 Å². The smallest absolute Gasteiger partial charge is 0.335 e. The van der Waals surface area contributed by atoms with E-state index in [2.05, 4.69) is 20.8 Å². The number of aromatic carboxylic acids is 1. The molecule has 8 nitrogen and oxygen atoms in total. The Balaban J connectivity index is 1.91. The number of nitrogens with zero attached hydrogens (tertiary/aromatic N) is 4. The second-order valence-electron chi connectivity index (χ2n) is 5.39. The van der Waals surface area contributed by atoms with Crippen LogP contribution in [0.3, 0.4) is 0 Å². The van der Waals surface area contributed by atoms with E-state index >= 15 is 0 Å². The van der Waals surface area contributed by atoms with Crippen molar-refractivity contribution < 1.29 is 14.7 Å². The van der Waals surface area contributed by atoms with Crippen LogP contribution in [0, 0.1) is 0 Å². The van der Waals surface area contributed by atoms with E-state index in [1.54, 1.807) is 12.1 Å². The molecule has 0 aliphatic heterocycles. The van der Waals surface area contributed by atoms with Crippen molar-refractivity contribution in [1.82, 2.24) is 20.2 Å². The standard InChI is InChI=1S/C18H15N5O3/c1-12(24)16(11-19-14-9-7-13(8-10-14)18(25)26)17-20-21-22-23(17)15-5-3-2-4-6-15/h2-11,19H,1H3,(H,25,26)/b16-11+. The Hall–Kier alpha value is -3.81. The number of ketones is 1. The molecule has 1 aromatic heterocycles. The molecule has 0 atom stereocenters. The Bertz CT molecular complexity index is 962. The molecule has 2 aromatic carbocycles. The summed E-state index contributed by atoms with van der Waals surface area (Å²) in [5.74, 6) is -0.913. The topological polar surface area (TPSA) is 110 Å². The van der Waals surface area contributed by atoms with E-state index in [0.717, 1.165) is 5.69 Å². The molecule has 1 heterocycles. The first kappa shape index (κ1) is 17.0. The summed E-state index contributed by atoms with van der Waals surface area (Å²) in [6.07, 6.45) is 1.50. The molecule has 0 fully saturated rings. The van der Waals surface area contributed by atoms with Crippen molar-refractivity contribution in [3.05, 3.63) is 72.2 Å². The number of rotatable bonds is 6. The van der Waals surface area contributed by atoms with Gasteiger partial charge < -0.3 is 10.4 Å². The third-order valence-electron chi connectivity index (χ3n) is 3.61. The molecule has 0 aliphatic rings. The van der Waals surface area contributed by atoms with Crippen molar-refractivity contribution in [3.8, 4) is 5.69 Å². The lowest BCUT2D eigenvalue weighted by Crippen LogP contribution is -2.08. The SMILES string of the molecule is CC(=O)/C(=C\Nc1ccc(C(=O)O)cc1)c1nnnn1-c1ccccc1. The predicted molar refractivity (Wildman–Crippen MR) is 94.8 cm³/mol. The van der Waals surface area contributed by atoms with Gasteiger partial charge in [0.1, 0.15) is 0 Å². The molecule has 0 spiro atoms. The first-order valence-corrected chi connectivity index (χ1v) is 7.71. The van der Waals surface area contributed by atoms with Gasteiger partial charge in [-0.1, -0.05) is 18.2 Å². The van der Waals surface area contributed by atoms with Gasteiger partial charge in [-0.2, -0.15) is 4.68 Å². The van der Waals surface area contributed by atoms with Gasteiger partial charge in [0.2, 0.25) is 0 Å². The average molecular weight is 349 g/mol. The van der Waals surface area contributed by atoms with Gasteiger partial charge in [-0.05, 0) is 53.7 Å². The second-order valence-corrected chi connectivity index (χ2v) is 5.39. The summed E-state index contributed by atoms with van der Waals surface area (Å²) in [4.78, 5) is 23.0. The minimum Gasteiger partial charge on any atom is -0.478 e. The van der Waals surface area contributed by atoms with Gasteiger partial charge in [0.05, 0.1) is 16.8 Å². The first-order valence-electron chi connectivity index (χ1n) is 7.71. The molecule has 0 radical (unpaired) electrons. The Labute approximate surface area is 148 Å². The van der Waals surface area contributed by atoms with Crippen LogP contribution in [-0.4, -0.2) is 37.1 Å². The Morgan fingerprint density at radius 3 is 2.38 bits per heavy atom. The summed E-state index contributed by atoms with van der Waals surface area (Å²) in [6.45, 7) is 1.42. The van der Waals surface area contributed by atoms with Crippen LogP contribution >= 0.6 is 0 Å². The third-order valence-corrected chi connectivity index (χ3v) is 3.61. The maximum absolute atomic E-state index is 12.1. The fourth-order valence-corrected chi connectivity index (χ4v) is 2.29. The number of carboxylic acids is 1. The van der Waals surface area contributed by atoms with Gasteiger partial charge in [0.25, 0.3) is 0 Å². The molecule has 0 saturated heterocycles. The zero-order valence-corrected chi connectivity index (χ0v) is 13.8. The van der Waals surface area contributed by atoms with Crippen molar-refractivity contribution in [2.24, 2.45) is 0 Å². The quantitative estimate of drug-likeness (QED) is 0.657.